The van der Waals surface area contributed by atoms with Crippen molar-refractivity contribution >= 4 is 28.3 Å². The standard InChI is InChI=1S/C20H20N4O2/c1-26-15-10-8-14(9-11-15)23-20(25)18-7-4-12-24(18)19-16-5-2-3-6-17(16)21-13-22-19/h2-3,5-6,8-11,13,18H,4,7,12H2,1H3,(H,23,25). The van der Waals surface area contributed by atoms with Crippen LogP contribution in [0.1, 0.15) is 12.8 Å². The van der Waals surface area contributed by atoms with E-state index in [1.807, 2.05) is 48.5 Å². The number of carbonyl (C=O) groups excluding carboxylic acids is 1. The highest BCUT2D eigenvalue weighted by Gasteiger charge is 2.32. The number of para-hydroxylation sites is 1. The van der Waals surface area contributed by atoms with Crippen molar-refractivity contribution < 1.29 is 9.53 Å². The molecule has 2 heterocycles. The lowest BCUT2D eigenvalue weighted by molar-refractivity contribution is -0.117. The van der Waals surface area contributed by atoms with Gasteiger partial charge in [0.15, 0.2) is 0 Å². The SMILES string of the molecule is COc1ccc(NC(=O)C2CCCN2c2ncnc3ccccc23)cc1. The first-order valence-corrected chi connectivity index (χ1v) is 8.67. The van der Waals surface area contributed by atoms with Gasteiger partial charge in [-0.05, 0) is 49.2 Å². The lowest BCUT2D eigenvalue weighted by Gasteiger charge is -2.25. The minimum absolute atomic E-state index is 0.0182. The first-order chi connectivity index (χ1) is 12.8. The smallest absolute Gasteiger partial charge is 0.247 e. The number of hydrogen-bond donors (Lipinski definition) is 1. The highest BCUT2D eigenvalue weighted by molar-refractivity contribution is 5.99. The summed E-state index contributed by atoms with van der Waals surface area (Å²) in [5.41, 5.74) is 1.65. The van der Waals surface area contributed by atoms with Gasteiger partial charge in [0.1, 0.15) is 23.9 Å². The van der Waals surface area contributed by atoms with E-state index in [2.05, 4.69) is 20.2 Å². The minimum Gasteiger partial charge on any atom is -0.497 e. The number of rotatable bonds is 4. The van der Waals surface area contributed by atoms with Crippen LogP contribution in [0.2, 0.25) is 0 Å². The van der Waals surface area contributed by atoms with Crippen LogP contribution in [0.25, 0.3) is 10.9 Å². The molecule has 6 nitrogen and oxygen atoms in total. The molecule has 1 aliphatic heterocycles. The van der Waals surface area contributed by atoms with Crippen molar-refractivity contribution in [2.45, 2.75) is 18.9 Å². The lowest BCUT2D eigenvalue weighted by Crippen LogP contribution is -2.40. The topological polar surface area (TPSA) is 67.3 Å². The van der Waals surface area contributed by atoms with Crippen molar-refractivity contribution in [1.82, 2.24) is 9.97 Å². The van der Waals surface area contributed by atoms with Crippen molar-refractivity contribution in [2.24, 2.45) is 0 Å². The summed E-state index contributed by atoms with van der Waals surface area (Å²) in [7, 11) is 1.62. The van der Waals surface area contributed by atoms with Gasteiger partial charge in [-0.1, -0.05) is 12.1 Å². The summed E-state index contributed by atoms with van der Waals surface area (Å²) in [5.74, 6) is 1.57. The van der Waals surface area contributed by atoms with E-state index in [-0.39, 0.29) is 11.9 Å². The molecule has 1 atom stereocenters. The molecule has 0 bridgehead atoms. The summed E-state index contributed by atoms with van der Waals surface area (Å²) in [6.07, 6.45) is 3.33. The van der Waals surface area contributed by atoms with E-state index in [4.69, 9.17) is 4.74 Å². The molecule has 132 valence electrons. The van der Waals surface area contributed by atoms with E-state index in [1.165, 1.54) is 0 Å². The Bertz CT molecular complexity index is 921. The Morgan fingerprint density at radius 3 is 2.77 bits per heavy atom. The minimum atomic E-state index is -0.240. The number of hydrogen-bond acceptors (Lipinski definition) is 5. The number of nitrogens with zero attached hydrogens (tertiary/aromatic N) is 3. The molecule has 1 unspecified atom stereocenters. The summed E-state index contributed by atoms with van der Waals surface area (Å²) >= 11 is 0. The first-order valence-electron chi connectivity index (χ1n) is 8.67. The van der Waals surface area contributed by atoms with Gasteiger partial charge >= 0.3 is 0 Å². The van der Waals surface area contributed by atoms with Crippen LogP contribution >= 0.6 is 0 Å². The summed E-state index contributed by atoms with van der Waals surface area (Å²) in [6, 6.07) is 15.0. The number of fused-ring (bicyclic) bond motifs is 1. The molecular weight excluding hydrogens is 328 g/mol. The maximum atomic E-state index is 12.9. The van der Waals surface area contributed by atoms with Crippen LogP contribution in [-0.2, 0) is 4.79 Å². The quantitative estimate of drug-likeness (QED) is 0.784. The lowest BCUT2D eigenvalue weighted by atomic mass is 10.1. The molecular formula is C20H20N4O2. The van der Waals surface area contributed by atoms with Crippen LogP contribution in [0.5, 0.6) is 5.75 Å². The maximum absolute atomic E-state index is 12.9. The molecule has 1 aliphatic rings. The summed E-state index contributed by atoms with van der Waals surface area (Å²) in [5, 5.41) is 3.97. The van der Waals surface area contributed by atoms with Crippen LogP contribution in [-0.4, -0.2) is 35.6 Å². The zero-order valence-electron chi connectivity index (χ0n) is 14.6. The number of methoxy groups -OCH3 is 1. The molecule has 1 saturated heterocycles. The van der Waals surface area contributed by atoms with E-state index in [9.17, 15) is 4.79 Å². The van der Waals surface area contributed by atoms with Gasteiger partial charge in [-0.15, -0.1) is 0 Å². The van der Waals surface area contributed by atoms with E-state index in [0.29, 0.717) is 0 Å². The maximum Gasteiger partial charge on any atom is 0.247 e. The van der Waals surface area contributed by atoms with Crippen LogP contribution in [0.4, 0.5) is 11.5 Å². The third kappa shape index (κ3) is 3.06. The Morgan fingerprint density at radius 2 is 1.96 bits per heavy atom. The number of aromatic nitrogens is 2. The van der Waals surface area contributed by atoms with Crippen LogP contribution in [0.15, 0.2) is 54.9 Å². The van der Waals surface area contributed by atoms with Crippen LogP contribution in [0.3, 0.4) is 0 Å². The Kier molecular flexibility index (Phi) is 4.39. The number of nitrogens with one attached hydrogen (secondary N) is 1. The normalized spacial score (nSPS) is 16.7. The second-order valence-corrected chi connectivity index (χ2v) is 6.28. The summed E-state index contributed by atoms with van der Waals surface area (Å²) < 4.78 is 5.15. The molecule has 6 heteroatoms. The monoisotopic (exact) mass is 348 g/mol. The zero-order valence-corrected chi connectivity index (χ0v) is 14.6. The highest BCUT2D eigenvalue weighted by atomic mass is 16.5. The molecule has 3 aromatic rings. The van der Waals surface area contributed by atoms with Crippen molar-refractivity contribution in [2.75, 3.05) is 23.9 Å². The van der Waals surface area contributed by atoms with Crippen molar-refractivity contribution in [3.63, 3.8) is 0 Å². The van der Waals surface area contributed by atoms with Gasteiger partial charge in [-0.3, -0.25) is 4.79 Å². The van der Waals surface area contributed by atoms with E-state index >= 15 is 0 Å². The van der Waals surface area contributed by atoms with Gasteiger partial charge in [0.25, 0.3) is 0 Å². The number of carbonyl (C=O) groups is 1. The first kappa shape index (κ1) is 16.3. The average molecular weight is 348 g/mol. The van der Waals surface area contributed by atoms with Gasteiger partial charge in [-0.2, -0.15) is 0 Å². The molecule has 26 heavy (non-hydrogen) atoms. The highest BCUT2D eigenvalue weighted by Crippen LogP contribution is 2.30. The largest absolute Gasteiger partial charge is 0.497 e. The number of anilines is 2. The predicted octanol–water partition coefficient (Wildman–Crippen LogP) is 3.25. The number of ether oxygens (including phenoxy) is 1. The van der Waals surface area contributed by atoms with Gasteiger partial charge in [-0.25, -0.2) is 9.97 Å². The van der Waals surface area contributed by atoms with Gasteiger partial charge in [0.2, 0.25) is 5.91 Å². The van der Waals surface area contributed by atoms with Crippen molar-refractivity contribution in [1.29, 1.82) is 0 Å². The third-order valence-corrected chi connectivity index (χ3v) is 4.71. The van der Waals surface area contributed by atoms with Gasteiger partial charge < -0.3 is 15.0 Å². The Labute approximate surface area is 151 Å². The molecule has 2 aromatic carbocycles. The Balaban J connectivity index is 1.58. The van der Waals surface area contributed by atoms with Crippen molar-refractivity contribution in [3.05, 3.63) is 54.9 Å². The molecule has 0 radical (unpaired) electrons. The van der Waals surface area contributed by atoms with Gasteiger partial charge in [0, 0.05) is 17.6 Å². The summed E-state index contributed by atoms with van der Waals surface area (Å²) in [6.45, 7) is 0.807. The molecule has 1 amide bonds. The van der Waals surface area contributed by atoms with Crippen molar-refractivity contribution in [3.8, 4) is 5.75 Å². The molecule has 1 fully saturated rings. The Morgan fingerprint density at radius 1 is 1.15 bits per heavy atom. The molecule has 4 rings (SSSR count). The number of amides is 1. The molecule has 0 aliphatic carbocycles. The molecule has 0 saturated carbocycles. The van der Waals surface area contributed by atoms with E-state index in [1.54, 1.807) is 13.4 Å². The molecule has 1 N–H and O–H groups in total. The predicted molar refractivity (Wildman–Crippen MR) is 102 cm³/mol. The fraction of sp³-hybridized carbons (Fsp3) is 0.250. The third-order valence-electron chi connectivity index (χ3n) is 4.71. The zero-order chi connectivity index (χ0) is 17.9. The van der Waals surface area contributed by atoms with Crippen LogP contribution in [0, 0.1) is 0 Å². The molecule has 1 aromatic heterocycles. The van der Waals surface area contributed by atoms with E-state index in [0.717, 1.165) is 47.5 Å². The van der Waals surface area contributed by atoms with Crippen LogP contribution < -0.4 is 15.0 Å². The fourth-order valence-corrected chi connectivity index (χ4v) is 3.41. The summed E-state index contributed by atoms with van der Waals surface area (Å²) in [4.78, 5) is 23.7. The number of benzene rings is 2. The fourth-order valence-electron chi connectivity index (χ4n) is 3.41. The Hall–Kier alpha value is -3.15. The second kappa shape index (κ2) is 7.00. The van der Waals surface area contributed by atoms with Gasteiger partial charge in [0.05, 0.1) is 12.6 Å². The van der Waals surface area contributed by atoms with E-state index < -0.39 is 0 Å². The second-order valence-electron chi connectivity index (χ2n) is 6.28. The molecule has 0 spiro atoms. The average Bonchev–Trinajstić information content (AvgIpc) is 3.18.